The molecule has 0 rings (SSSR count). The van der Waals surface area contributed by atoms with Gasteiger partial charge in [0.1, 0.15) is 6.10 Å². The highest BCUT2D eigenvalue weighted by atomic mass is 16.5. The lowest BCUT2D eigenvalue weighted by Gasteiger charge is -2.13. The van der Waals surface area contributed by atoms with Crippen molar-refractivity contribution in [2.24, 2.45) is 5.73 Å². The molecule has 0 radical (unpaired) electrons. The van der Waals surface area contributed by atoms with Crippen LogP contribution in [0, 0.1) is 0 Å². The van der Waals surface area contributed by atoms with E-state index in [1.165, 1.54) is 0 Å². The first kappa shape index (κ1) is 12.8. The van der Waals surface area contributed by atoms with Gasteiger partial charge in [-0.1, -0.05) is 0 Å². The molecule has 0 aliphatic carbocycles. The molecule has 0 saturated heterocycles. The number of hydrogen-bond acceptors (Lipinski definition) is 4. The Morgan fingerprint density at radius 1 is 1.31 bits per heavy atom. The highest BCUT2D eigenvalue weighted by Crippen LogP contribution is 1.93. The summed E-state index contributed by atoms with van der Waals surface area (Å²) in [6.45, 7) is 5.75. The maximum atomic E-state index is 9.32. The van der Waals surface area contributed by atoms with Gasteiger partial charge in [-0.15, -0.1) is 0 Å². The molecule has 0 fully saturated rings. The molecule has 0 heterocycles. The summed E-state index contributed by atoms with van der Waals surface area (Å²) in [4.78, 5) is 0. The van der Waals surface area contributed by atoms with E-state index in [0.29, 0.717) is 26.4 Å². The number of nitrogens with two attached hydrogens (primary N) is 1. The average molecular weight is 191 g/mol. The van der Waals surface area contributed by atoms with Gasteiger partial charge in [0.2, 0.25) is 0 Å². The zero-order valence-corrected chi connectivity index (χ0v) is 8.53. The number of hydrogen-bond donors (Lipinski definition) is 2. The second-order valence-electron chi connectivity index (χ2n) is 3.25. The second-order valence-corrected chi connectivity index (χ2v) is 3.25. The molecule has 1 unspecified atom stereocenters. The summed E-state index contributed by atoms with van der Waals surface area (Å²) >= 11 is 0. The number of rotatable bonds is 8. The zero-order valence-electron chi connectivity index (χ0n) is 8.53. The Morgan fingerprint density at radius 3 is 2.54 bits per heavy atom. The van der Waals surface area contributed by atoms with Crippen LogP contribution in [0.1, 0.15) is 20.3 Å². The third kappa shape index (κ3) is 9.76. The molecule has 0 aliphatic heterocycles. The van der Waals surface area contributed by atoms with Crippen molar-refractivity contribution in [2.75, 3.05) is 26.4 Å². The average Bonchev–Trinajstić information content (AvgIpc) is 2.09. The number of ether oxygens (including phenoxy) is 2. The van der Waals surface area contributed by atoms with Gasteiger partial charge in [-0.05, 0) is 26.8 Å². The Bertz CT molecular complexity index is 109. The fourth-order valence-corrected chi connectivity index (χ4v) is 0.756. The van der Waals surface area contributed by atoms with E-state index in [4.69, 9.17) is 15.2 Å². The van der Waals surface area contributed by atoms with Gasteiger partial charge in [-0.25, -0.2) is 0 Å². The largest absolute Gasteiger partial charge is 0.388 e. The quantitative estimate of drug-likeness (QED) is 0.536. The minimum atomic E-state index is -0.528. The van der Waals surface area contributed by atoms with E-state index in [2.05, 4.69) is 0 Å². The standard InChI is InChI=1S/C9H21NO3/c1-8(2)13-7-9(11)6-12-5-3-4-10/h8-9,11H,3-7,10H2,1-2H3. The topological polar surface area (TPSA) is 64.7 Å². The van der Waals surface area contributed by atoms with Crippen molar-refractivity contribution in [1.82, 2.24) is 0 Å². The molecule has 13 heavy (non-hydrogen) atoms. The van der Waals surface area contributed by atoms with Crippen LogP contribution in [0.4, 0.5) is 0 Å². The molecule has 4 heteroatoms. The van der Waals surface area contributed by atoms with Crippen molar-refractivity contribution in [3.8, 4) is 0 Å². The molecular formula is C9H21NO3. The van der Waals surface area contributed by atoms with Gasteiger partial charge in [-0.3, -0.25) is 0 Å². The summed E-state index contributed by atoms with van der Waals surface area (Å²) in [7, 11) is 0. The molecular weight excluding hydrogens is 170 g/mol. The highest BCUT2D eigenvalue weighted by Gasteiger charge is 2.05. The Labute approximate surface area is 80.0 Å². The van der Waals surface area contributed by atoms with Crippen LogP contribution in [0.25, 0.3) is 0 Å². The molecule has 0 saturated carbocycles. The summed E-state index contributed by atoms with van der Waals surface area (Å²) in [5.41, 5.74) is 5.28. The lowest BCUT2D eigenvalue weighted by molar-refractivity contribution is -0.0355. The van der Waals surface area contributed by atoms with E-state index in [9.17, 15) is 5.11 Å². The molecule has 0 spiro atoms. The van der Waals surface area contributed by atoms with E-state index >= 15 is 0 Å². The predicted molar refractivity (Wildman–Crippen MR) is 51.6 cm³/mol. The van der Waals surface area contributed by atoms with Crippen LogP contribution in [-0.2, 0) is 9.47 Å². The summed E-state index contributed by atoms with van der Waals surface area (Å²) in [5.74, 6) is 0. The molecule has 0 aliphatic rings. The maximum absolute atomic E-state index is 9.32. The van der Waals surface area contributed by atoms with E-state index in [0.717, 1.165) is 6.42 Å². The molecule has 4 nitrogen and oxygen atoms in total. The van der Waals surface area contributed by atoms with Crippen molar-refractivity contribution < 1.29 is 14.6 Å². The first-order valence-corrected chi connectivity index (χ1v) is 4.74. The highest BCUT2D eigenvalue weighted by molar-refractivity contribution is 4.52. The second kappa shape index (κ2) is 8.44. The van der Waals surface area contributed by atoms with Gasteiger partial charge < -0.3 is 20.3 Å². The fourth-order valence-electron chi connectivity index (χ4n) is 0.756. The Balaban J connectivity index is 3.15. The summed E-state index contributed by atoms with van der Waals surface area (Å²) in [6.07, 6.45) is 0.455. The number of aliphatic hydroxyl groups is 1. The summed E-state index contributed by atoms with van der Waals surface area (Å²) in [5, 5.41) is 9.32. The van der Waals surface area contributed by atoms with Crippen LogP contribution in [0.2, 0.25) is 0 Å². The molecule has 3 N–H and O–H groups in total. The van der Waals surface area contributed by atoms with Gasteiger partial charge in [0.05, 0.1) is 19.3 Å². The predicted octanol–water partition coefficient (Wildman–Crippen LogP) is 0.138. The normalized spacial score (nSPS) is 13.6. The first-order chi connectivity index (χ1) is 6.16. The van der Waals surface area contributed by atoms with Crippen molar-refractivity contribution in [1.29, 1.82) is 0 Å². The van der Waals surface area contributed by atoms with Crippen LogP contribution in [0.15, 0.2) is 0 Å². The van der Waals surface area contributed by atoms with E-state index in [1.807, 2.05) is 13.8 Å². The fraction of sp³-hybridized carbons (Fsp3) is 1.00. The van der Waals surface area contributed by atoms with Gasteiger partial charge in [0, 0.05) is 6.61 Å². The molecule has 0 aromatic heterocycles. The Morgan fingerprint density at radius 2 is 2.00 bits per heavy atom. The lowest BCUT2D eigenvalue weighted by atomic mass is 10.4. The van der Waals surface area contributed by atoms with E-state index in [1.54, 1.807) is 0 Å². The van der Waals surface area contributed by atoms with Crippen LogP contribution < -0.4 is 5.73 Å². The first-order valence-electron chi connectivity index (χ1n) is 4.74. The van der Waals surface area contributed by atoms with Crippen LogP contribution in [0.5, 0.6) is 0 Å². The minimum absolute atomic E-state index is 0.152. The Kier molecular flexibility index (Phi) is 8.33. The number of aliphatic hydroxyl groups excluding tert-OH is 1. The lowest BCUT2D eigenvalue weighted by Crippen LogP contribution is -2.24. The minimum Gasteiger partial charge on any atom is -0.388 e. The zero-order chi connectivity index (χ0) is 10.1. The van der Waals surface area contributed by atoms with Crippen molar-refractivity contribution in [3.63, 3.8) is 0 Å². The molecule has 0 bridgehead atoms. The van der Waals surface area contributed by atoms with Crippen molar-refractivity contribution in [3.05, 3.63) is 0 Å². The SMILES string of the molecule is CC(C)OCC(O)COCCCN. The van der Waals surface area contributed by atoms with Crippen molar-refractivity contribution in [2.45, 2.75) is 32.5 Å². The third-order valence-electron chi connectivity index (χ3n) is 1.42. The van der Waals surface area contributed by atoms with Crippen molar-refractivity contribution >= 4 is 0 Å². The molecule has 0 amide bonds. The maximum Gasteiger partial charge on any atom is 0.101 e. The smallest absolute Gasteiger partial charge is 0.101 e. The van der Waals surface area contributed by atoms with Gasteiger partial charge in [0.25, 0.3) is 0 Å². The van der Waals surface area contributed by atoms with Gasteiger partial charge in [0.15, 0.2) is 0 Å². The van der Waals surface area contributed by atoms with Crippen LogP contribution >= 0.6 is 0 Å². The molecule has 0 aromatic carbocycles. The van der Waals surface area contributed by atoms with E-state index < -0.39 is 6.10 Å². The van der Waals surface area contributed by atoms with Gasteiger partial charge in [-0.2, -0.15) is 0 Å². The summed E-state index contributed by atoms with van der Waals surface area (Å²) < 4.78 is 10.4. The van der Waals surface area contributed by atoms with Crippen LogP contribution in [-0.4, -0.2) is 43.7 Å². The van der Waals surface area contributed by atoms with Crippen LogP contribution in [0.3, 0.4) is 0 Å². The molecule has 80 valence electrons. The van der Waals surface area contributed by atoms with E-state index in [-0.39, 0.29) is 6.10 Å². The summed E-state index contributed by atoms with van der Waals surface area (Å²) in [6, 6.07) is 0. The van der Waals surface area contributed by atoms with Gasteiger partial charge >= 0.3 is 0 Å². The molecule has 0 aromatic rings. The molecule has 1 atom stereocenters. The monoisotopic (exact) mass is 191 g/mol. The third-order valence-corrected chi connectivity index (χ3v) is 1.42. The Hall–Kier alpha value is -0.160.